The first-order valence-electron chi connectivity index (χ1n) is 4.95. The van der Waals surface area contributed by atoms with Gasteiger partial charge >= 0.3 is 0 Å². The van der Waals surface area contributed by atoms with Crippen LogP contribution in [0.25, 0.3) is 0 Å². The van der Waals surface area contributed by atoms with Crippen LogP contribution in [0, 0.1) is 11.3 Å². The molecule has 1 rings (SSSR count). The van der Waals surface area contributed by atoms with E-state index in [4.69, 9.17) is 11.1 Å². The van der Waals surface area contributed by atoms with Gasteiger partial charge in [-0.2, -0.15) is 5.26 Å². The van der Waals surface area contributed by atoms with Crippen molar-refractivity contribution in [1.29, 1.82) is 5.26 Å². The molecule has 0 unspecified atom stereocenters. The van der Waals surface area contributed by atoms with Gasteiger partial charge in [-0.05, 0) is 39.0 Å². The predicted octanol–water partition coefficient (Wildman–Crippen LogP) is 1.67. The Morgan fingerprint density at radius 1 is 1.44 bits per heavy atom. The third-order valence-corrected chi connectivity index (χ3v) is 2.18. The van der Waals surface area contributed by atoms with Crippen molar-refractivity contribution in [3.8, 4) is 6.07 Å². The summed E-state index contributed by atoms with van der Waals surface area (Å²) >= 11 is 0. The number of nitrogens with zero attached hydrogens (tertiary/aromatic N) is 2. The van der Waals surface area contributed by atoms with Crippen molar-refractivity contribution < 1.29 is 4.79 Å². The molecule has 2 N–H and O–H groups in total. The molecule has 1 amide bonds. The van der Waals surface area contributed by atoms with E-state index >= 15 is 0 Å². The number of benzene rings is 1. The van der Waals surface area contributed by atoms with Crippen molar-refractivity contribution in [3.63, 3.8) is 0 Å². The van der Waals surface area contributed by atoms with Gasteiger partial charge in [0.2, 0.25) is 0 Å². The minimum absolute atomic E-state index is 0.287. The largest absolute Gasteiger partial charge is 0.271 e. The maximum Gasteiger partial charge on any atom is 0.268 e. The molecule has 0 aliphatic heterocycles. The van der Waals surface area contributed by atoms with E-state index in [1.165, 1.54) is 11.1 Å². The highest BCUT2D eigenvalue weighted by atomic mass is 16.2. The Morgan fingerprint density at radius 2 is 2.06 bits per heavy atom. The number of carbonyl (C=O) groups excluding carboxylic acids is 1. The van der Waals surface area contributed by atoms with Crippen molar-refractivity contribution in [3.05, 3.63) is 35.4 Å². The zero-order chi connectivity index (χ0) is 12.3. The molecule has 0 aliphatic carbocycles. The Balaban J connectivity index is 3.02. The second kappa shape index (κ2) is 4.33. The van der Waals surface area contributed by atoms with Gasteiger partial charge in [-0.25, -0.2) is 5.84 Å². The summed E-state index contributed by atoms with van der Waals surface area (Å²) < 4.78 is 0. The molecule has 0 saturated carbocycles. The zero-order valence-corrected chi connectivity index (χ0v) is 9.69. The van der Waals surface area contributed by atoms with Crippen LogP contribution < -0.4 is 5.84 Å². The van der Waals surface area contributed by atoms with Crippen molar-refractivity contribution >= 4 is 5.91 Å². The lowest BCUT2D eigenvalue weighted by molar-refractivity contribution is 0.0582. The molecule has 0 saturated heterocycles. The van der Waals surface area contributed by atoms with E-state index in [0.29, 0.717) is 11.1 Å². The molecule has 1 aromatic rings. The molecular formula is C12H15N3O. The minimum Gasteiger partial charge on any atom is -0.271 e. The monoisotopic (exact) mass is 217 g/mol. The SMILES string of the molecule is CC(C)(C)N(N)C(=O)c1cccc(C#N)c1. The lowest BCUT2D eigenvalue weighted by Gasteiger charge is -2.31. The number of hydrogen-bond acceptors (Lipinski definition) is 3. The number of nitrogens with two attached hydrogens (primary N) is 1. The predicted molar refractivity (Wildman–Crippen MR) is 61.3 cm³/mol. The third-order valence-electron chi connectivity index (χ3n) is 2.18. The molecule has 84 valence electrons. The number of nitriles is 1. The number of hydrogen-bond donors (Lipinski definition) is 1. The van der Waals surface area contributed by atoms with E-state index in [-0.39, 0.29) is 5.91 Å². The van der Waals surface area contributed by atoms with E-state index in [9.17, 15) is 4.79 Å². The standard InChI is InChI=1S/C12H15N3O/c1-12(2,3)15(14)11(16)10-6-4-5-9(7-10)8-13/h4-7H,14H2,1-3H3. The van der Waals surface area contributed by atoms with E-state index in [1.54, 1.807) is 18.2 Å². The van der Waals surface area contributed by atoms with Crippen LogP contribution in [0.5, 0.6) is 0 Å². The van der Waals surface area contributed by atoms with E-state index in [2.05, 4.69) is 0 Å². The Labute approximate surface area is 95.2 Å². The molecular weight excluding hydrogens is 202 g/mol. The molecule has 0 fully saturated rings. The fourth-order valence-corrected chi connectivity index (χ4v) is 1.17. The molecule has 16 heavy (non-hydrogen) atoms. The summed E-state index contributed by atoms with van der Waals surface area (Å²) in [6.07, 6.45) is 0. The summed E-state index contributed by atoms with van der Waals surface area (Å²) in [6.45, 7) is 5.54. The summed E-state index contributed by atoms with van der Waals surface area (Å²) in [5.41, 5.74) is 0.435. The molecule has 0 atom stereocenters. The second-order valence-corrected chi connectivity index (χ2v) is 4.54. The number of rotatable bonds is 1. The lowest BCUT2D eigenvalue weighted by Crippen LogP contribution is -2.50. The van der Waals surface area contributed by atoms with Crippen LogP contribution in [0.15, 0.2) is 24.3 Å². The maximum atomic E-state index is 12.0. The first-order chi connectivity index (χ1) is 7.36. The first kappa shape index (κ1) is 12.2. The van der Waals surface area contributed by atoms with Crippen LogP contribution >= 0.6 is 0 Å². The molecule has 4 nitrogen and oxygen atoms in total. The van der Waals surface area contributed by atoms with Crippen molar-refractivity contribution in [2.45, 2.75) is 26.3 Å². The topological polar surface area (TPSA) is 70.1 Å². The third kappa shape index (κ3) is 2.59. The molecule has 0 spiro atoms. The van der Waals surface area contributed by atoms with Gasteiger partial charge in [0.1, 0.15) is 0 Å². The van der Waals surface area contributed by atoms with Gasteiger partial charge in [-0.15, -0.1) is 0 Å². The normalized spacial score (nSPS) is 10.7. The average Bonchev–Trinajstić information content (AvgIpc) is 2.26. The molecule has 0 aliphatic rings. The van der Waals surface area contributed by atoms with Crippen LogP contribution in [0.3, 0.4) is 0 Å². The number of hydrazine groups is 1. The Morgan fingerprint density at radius 3 is 2.56 bits per heavy atom. The van der Waals surface area contributed by atoms with Crippen LogP contribution in [-0.2, 0) is 0 Å². The number of carbonyl (C=O) groups is 1. The Bertz CT molecular complexity index is 440. The average molecular weight is 217 g/mol. The molecule has 0 bridgehead atoms. The van der Waals surface area contributed by atoms with Gasteiger partial charge < -0.3 is 0 Å². The van der Waals surface area contributed by atoms with Crippen LogP contribution in [0.4, 0.5) is 0 Å². The summed E-state index contributed by atoms with van der Waals surface area (Å²) in [6, 6.07) is 8.49. The minimum atomic E-state index is -0.445. The van der Waals surface area contributed by atoms with Gasteiger partial charge in [-0.3, -0.25) is 9.80 Å². The highest BCUT2D eigenvalue weighted by Crippen LogP contribution is 2.13. The molecule has 4 heteroatoms. The van der Waals surface area contributed by atoms with Crippen molar-refractivity contribution in [2.75, 3.05) is 0 Å². The van der Waals surface area contributed by atoms with Crippen molar-refractivity contribution in [2.24, 2.45) is 5.84 Å². The summed E-state index contributed by atoms with van der Waals surface area (Å²) in [5.74, 6) is 5.43. The highest BCUT2D eigenvalue weighted by Gasteiger charge is 2.24. The summed E-state index contributed by atoms with van der Waals surface area (Å²) in [7, 11) is 0. The van der Waals surface area contributed by atoms with Crippen LogP contribution in [0.1, 0.15) is 36.7 Å². The van der Waals surface area contributed by atoms with E-state index in [1.807, 2.05) is 26.8 Å². The maximum absolute atomic E-state index is 12.0. The fourth-order valence-electron chi connectivity index (χ4n) is 1.17. The van der Waals surface area contributed by atoms with Gasteiger partial charge in [-0.1, -0.05) is 6.07 Å². The quantitative estimate of drug-likeness (QED) is 0.442. The summed E-state index contributed by atoms with van der Waals surface area (Å²) in [5, 5.41) is 9.91. The number of amides is 1. The lowest BCUT2D eigenvalue weighted by atomic mass is 10.1. The Hall–Kier alpha value is -1.86. The smallest absolute Gasteiger partial charge is 0.268 e. The van der Waals surface area contributed by atoms with E-state index in [0.717, 1.165) is 0 Å². The van der Waals surface area contributed by atoms with Crippen molar-refractivity contribution in [1.82, 2.24) is 5.01 Å². The van der Waals surface area contributed by atoms with Gasteiger partial charge in [0, 0.05) is 5.56 Å². The van der Waals surface area contributed by atoms with Gasteiger partial charge in [0.25, 0.3) is 5.91 Å². The van der Waals surface area contributed by atoms with Crippen LogP contribution in [0.2, 0.25) is 0 Å². The molecule has 1 aromatic carbocycles. The summed E-state index contributed by atoms with van der Waals surface area (Å²) in [4.78, 5) is 12.0. The highest BCUT2D eigenvalue weighted by molar-refractivity contribution is 5.94. The zero-order valence-electron chi connectivity index (χ0n) is 9.69. The van der Waals surface area contributed by atoms with E-state index < -0.39 is 5.54 Å². The van der Waals surface area contributed by atoms with Crippen LogP contribution in [-0.4, -0.2) is 16.5 Å². The molecule has 0 aromatic heterocycles. The van der Waals surface area contributed by atoms with Gasteiger partial charge in [0.15, 0.2) is 0 Å². The fraction of sp³-hybridized carbons (Fsp3) is 0.333. The molecule has 0 radical (unpaired) electrons. The second-order valence-electron chi connectivity index (χ2n) is 4.54. The van der Waals surface area contributed by atoms with Gasteiger partial charge in [0.05, 0.1) is 17.2 Å². The molecule has 0 heterocycles. The first-order valence-corrected chi connectivity index (χ1v) is 4.95. The Kier molecular flexibility index (Phi) is 3.31.